The van der Waals surface area contributed by atoms with E-state index in [2.05, 4.69) is 140 Å². The van der Waals surface area contributed by atoms with Crippen LogP contribution in [0, 0.1) is 0 Å². The number of fused-ring (bicyclic) bond motifs is 6. The Balaban J connectivity index is 1.58. The van der Waals surface area contributed by atoms with Gasteiger partial charge in [-0.25, -0.2) is 0 Å². The summed E-state index contributed by atoms with van der Waals surface area (Å²) in [5.41, 5.74) is 7.23. The molecule has 0 bridgehead atoms. The van der Waals surface area contributed by atoms with Crippen LogP contribution in [0.3, 0.4) is 0 Å². The van der Waals surface area contributed by atoms with E-state index in [1.165, 1.54) is 55.0 Å². The van der Waals surface area contributed by atoms with E-state index < -0.39 is 0 Å². The zero-order valence-electron chi connectivity index (χ0n) is 17.7. The van der Waals surface area contributed by atoms with Gasteiger partial charge in [-0.3, -0.25) is 0 Å². The first-order valence-electron chi connectivity index (χ1n) is 11.1. The van der Waals surface area contributed by atoms with Gasteiger partial charge in [-0.1, -0.05) is 70.5 Å². The summed E-state index contributed by atoms with van der Waals surface area (Å²) in [6.07, 6.45) is 0. The maximum atomic E-state index is 3.66. The Labute approximate surface area is 199 Å². The number of hydrogen-bond donors (Lipinski definition) is 0. The van der Waals surface area contributed by atoms with Crippen molar-refractivity contribution in [1.82, 2.24) is 9.13 Å². The minimum absolute atomic E-state index is 1.10. The van der Waals surface area contributed by atoms with Gasteiger partial charge in [0.05, 0.1) is 22.1 Å². The first-order chi connectivity index (χ1) is 16.3. The largest absolute Gasteiger partial charge is 0.309 e. The number of rotatable bonds is 2. The van der Waals surface area contributed by atoms with Crippen molar-refractivity contribution in [3.05, 3.63) is 120 Å². The predicted molar refractivity (Wildman–Crippen MR) is 143 cm³/mol. The second kappa shape index (κ2) is 7.09. The number of hydrogen-bond acceptors (Lipinski definition) is 0. The maximum absolute atomic E-state index is 3.66. The molecule has 0 aliphatic rings. The number of halogens is 1. The highest BCUT2D eigenvalue weighted by atomic mass is 79.9. The average Bonchev–Trinajstić information content (AvgIpc) is 3.37. The predicted octanol–water partition coefficient (Wildman–Crippen LogP) is 8.64. The Morgan fingerprint density at radius 3 is 1.61 bits per heavy atom. The molecular formula is C30H19BrN2. The van der Waals surface area contributed by atoms with Crippen LogP contribution >= 0.6 is 15.9 Å². The number of nitrogens with zero attached hydrogens (tertiary/aromatic N) is 2. The van der Waals surface area contributed by atoms with E-state index in [1.54, 1.807) is 0 Å². The molecular weight excluding hydrogens is 468 g/mol. The van der Waals surface area contributed by atoms with Crippen LogP contribution in [0.25, 0.3) is 55.0 Å². The maximum Gasteiger partial charge on any atom is 0.0542 e. The van der Waals surface area contributed by atoms with E-state index in [0.717, 1.165) is 4.47 Å². The Morgan fingerprint density at radius 2 is 0.909 bits per heavy atom. The zero-order chi connectivity index (χ0) is 21.9. The molecule has 2 heterocycles. The summed E-state index contributed by atoms with van der Waals surface area (Å²) in [5.74, 6) is 0. The van der Waals surface area contributed by atoms with Crippen molar-refractivity contribution in [3.63, 3.8) is 0 Å². The van der Waals surface area contributed by atoms with Gasteiger partial charge in [-0.15, -0.1) is 0 Å². The number of aromatic nitrogens is 2. The van der Waals surface area contributed by atoms with Gasteiger partial charge in [-0.05, 0) is 60.7 Å². The molecule has 0 amide bonds. The van der Waals surface area contributed by atoms with Crippen LogP contribution in [-0.4, -0.2) is 9.13 Å². The number of para-hydroxylation sites is 3. The summed E-state index contributed by atoms with van der Waals surface area (Å²) in [7, 11) is 0. The lowest BCUT2D eigenvalue weighted by atomic mass is 10.1. The fourth-order valence-electron chi connectivity index (χ4n) is 5.18. The summed E-state index contributed by atoms with van der Waals surface area (Å²) in [4.78, 5) is 0. The minimum Gasteiger partial charge on any atom is -0.309 e. The SMILES string of the molecule is Brc1ccc2c(c1)c1ccccc1n2-c1ccc2c(c1)c1ccccc1n2-c1ccccc1. The first kappa shape index (κ1) is 18.7. The van der Waals surface area contributed by atoms with Gasteiger partial charge in [-0.2, -0.15) is 0 Å². The molecule has 2 aromatic heterocycles. The molecule has 156 valence electrons. The van der Waals surface area contributed by atoms with Crippen LogP contribution in [0.1, 0.15) is 0 Å². The molecule has 0 saturated heterocycles. The van der Waals surface area contributed by atoms with Crippen molar-refractivity contribution < 1.29 is 0 Å². The van der Waals surface area contributed by atoms with Gasteiger partial charge < -0.3 is 9.13 Å². The second-order valence-electron chi connectivity index (χ2n) is 8.40. The summed E-state index contributed by atoms with van der Waals surface area (Å²) in [5, 5.41) is 5.05. The van der Waals surface area contributed by atoms with Crippen molar-refractivity contribution in [2.45, 2.75) is 0 Å². The summed E-state index contributed by atoms with van der Waals surface area (Å²) < 4.78 is 5.84. The Morgan fingerprint density at radius 1 is 0.394 bits per heavy atom. The summed E-state index contributed by atoms with van der Waals surface area (Å²) >= 11 is 3.66. The van der Waals surface area contributed by atoms with Gasteiger partial charge in [0.15, 0.2) is 0 Å². The van der Waals surface area contributed by atoms with Crippen LogP contribution in [-0.2, 0) is 0 Å². The third-order valence-electron chi connectivity index (χ3n) is 6.56. The van der Waals surface area contributed by atoms with E-state index in [9.17, 15) is 0 Å². The first-order valence-corrected chi connectivity index (χ1v) is 11.9. The standard InChI is InChI=1S/C30H19BrN2/c31-20-14-16-29-25(18-20)23-10-4-7-13-28(23)33(29)22-15-17-30-26(19-22)24-11-5-6-12-27(24)32(30)21-8-2-1-3-9-21/h1-19H. The fraction of sp³-hybridized carbons (Fsp3) is 0. The summed E-state index contributed by atoms with van der Waals surface area (Å²) in [6, 6.07) is 41.3. The van der Waals surface area contributed by atoms with Crippen LogP contribution in [0.5, 0.6) is 0 Å². The molecule has 7 aromatic rings. The highest BCUT2D eigenvalue weighted by Gasteiger charge is 2.16. The topological polar surface area (TPSA) is 9.86 Å². The molecule has 5 aromatic carbocycles. The van der Waals surface area contributed by atoms with Crippen molar-refractivity contribution in [1.29, 1.82) is 0 Å². The smallest absolute Gasteiger partial charge is 0.0542 e. The molecule has 0 unspecified atom stereocenters. The molecule has 7 rings (SSSR count). The van der Waals surface area contributed by atoms with Crippen LogP contribution in [0.4, 0.5) is 0 Å². The van der Waals surface area contributed by atoms with Crippen molar-refractivity contribution in [2.75, 3.05) is 0 Å². The van der Waals surface area contributed by atoms with E-state index >= 15 is 0 Å². The quantitative estimate of drug-likeness (QED) is 0.231. The molecule has 0 fully saturated rings. The molecule has 0 N–H and O–H groups in total. The van der Waals surface area contributed by atoms with E-state index in [1.807, 2.05) is 0 Å². The highest BCUT2D eigenvalue weighted by Crippen LogP contribution is 2.37. The monoisotopic (exact) mass is 486 g/mol. The van der Waals surface area contributed by atoms with Gasteiger partial charge >= 0.3 is 0 Å². The normalized spacial score (nSPS) is 11.8. The number of benzene rings is 5. The zero-order valence-corrected chi connectivity index (χ0v) is 19.3. The molecule has 0 atom stereocenters. The summed E-state index contributed by atoms with van der Waals surface area (Å²) in [6.45, 7) is 0. The molecule has 0 radical (unpaired) electrons. The van der Waals surface area contributed by atoms with Gasteiger partial charge in [0.1, 0.15) is 0 Å². The van der Waals surface area contributed by atoms with E-state index in [-0.39, 0.29) is 0 Å². The van der Waals surface area contributed by atoms with E-state index in [4.69, 9.17) is 0 Å². The molecule has 0 saturated carbocycles. The Hall–Kier alpha value is -3.82. The van der Waals surface area contributed by atoms with Crippen molar-refractivity contribution in [3.8, 4) is 11.4 Å². The molecule has 0 spiro atoms. The molecule has 3 heteroatoms. The molecule has 0 aliphatic heterocycles. The third-order valence-corrected chi connectivity index (χ3v) is 7.06. The van der Waals surface area contributed by atoms with Crippen LogP contribution in [0.2, 0.25) is 0 Å². The van der Waals surface area contributed by atoms with Gasteiger partial charge in [0.2, 0.25) is 0 Å². The van der Waals surface area contributed by atoms with Crippen LogP contribution < -0.4 is 0 Å². The van der Waals surface area contributed by atoms with Crippen molar-refractivity contribution >= 4 is 59.5 Å². The lowest BCUT2D eigenvalue weighted by molar-refractivity contribution is 1.16. The fourth-order valence-corrected chi connectivity index (χ4v) is 5.54. The Bertz CT molecular complexity index is 1820. The van der Waals surface area contributed by atoms with E-state index in [0.29, 0.717) is 0 Å². The minimum atomic E-state index is 1.10. The molecule has 0 aliphatic carbocycles. The lowest BCUT2D eigenvalue weighted by Gasteiger charge is -2.10. The van der Waals surface area contributed by atoms with Crippen molar-refractivity contribution in [2.24, 2.45) is 0 Å². The van der Waals surface area contributed by atoms with Gasteiger partial charge in [0, 0.05) is 37.4 Å². The van der Waals surface area contributed by atoms with Gasteiger partial charge in [0.25, 0.3) is 0 Å². The highest BCUT2D eigenvalue weighted by molar-refractivity contribution is 9.10. The van der Waals surface area contributed by atoms with Crippen LogP contribution in [0.15, 0.2) is 120 Å². The Kier molecular flexibility index (Phi) is 4.02. The second-order valence-corrected chi connectivity index (χ2v) is 9.32. The molecule has 2 nitrogen and oxygen atoms in total. The average molecular weight is 487 g/mol. The molecule has 33 heavy (non-hydrogen) atoms. The third kappa shape index (κ3) is 2.73. The lowest BCUT2D eigenvalue weighted by Crippen LogP contribution is -1.95.